The van der Waals surface area contributed by atoms with E-state index < -0.39 is 0 Å². The topological polar surface area (TPSA) is 40.6 Å². The molecule has 0 aliphatic carbocycles. The molecule has 1 unspecified atom stereocenters. The van der Waals surface area contributed by atoms with E-state index in [1.165, 1.54) is 16.8 Å². The number of ether oxygens (including phenoxy) is 1. The van der Waals surface area contributed by atoms with Gasteiger partial charge in [0.2, 0.25) is 0 Å². The maximum absolute atomic E-state index is 9.22. The molecule has 4 nitrogen and oxygen atoms in total. The molecule has 1 aromatic rings. The zero-order valence-electron chi connectivity index (χ0n) is 19.9. The van der Waals surface area contributed by atoms with Crippen molar-refractivity contribution >= 4 is 11.8 Å². The average molecular weight is 426 g/mol. The Hall–Kier alpha value is -3.24. The number of nitrogens with zero attached hydrogens (tertiary/aromatic N) is 3. The van der Waals surface area contributed by atoms with Crippen LogP contribution in [0.15, 0.2) is 53.1 Å². The van der Waals surface area contributed by atoms with Crippen LogP contribution in [0, 0.1) is 17.9 Å². The van der Waals surface area contributed by atoms with Crippen LogP contribution in [0.5, 0.6) is 0 Å². The lowest BCUT2D eigenvalue weighted by Gasteiger charge is -2.53. The lowest BCUT2D eigenvalue weighted by atomic mass is 9.69. The molecule has 4 rings (SSSR count). The van der Waals surface area contributed by atoms with Crippen LogP contribution in [0.3, 0.4) is 0 Å². The van der Waals surface area contributed by atoms with Crippen LogP contribution in [-0.4, -0.2) is 12.1 Å². The Labute approximate surface area is 192 Å². The molecule has 0 spiro atoms. The van der Waals surface area contributed by atoms with Crippen molar-refractivity contribution in [3.63, 3.8) is 0 Å². The Kier molecular flexibility index (Phi) is 5.30. The van der Waals surface area contributed by atoms with Crippen LogP contribution in [0.2, 0.25) is 0 Å². The summed E-state index contributed by atoms with van der Waals surface area (Å²) in [6.07, 6.45) is 9.81. The van der Waals surface area contributed by atoms with Gasteiger partial charge in [-0.05, 0) is 97.6 Å². The van der Waals surface area contributed by atoms with Crippen LogP contribution >= 0.6 is 0 Å². The van der Waals surface area contributed by atoms with Gasteiger partial charge in [0.1, 0.15) is 11.5 Å². The maximum atomic E-state index is 9.22. The van der Waals surface area contributed by atoms with E-state index in [4.69, 9.17) is 11.3 Å². The second-order valence-electron chi connectivity index (χ2n) is 10.5. The minimum atomic E-state index is 0.0787. The van der Waals surface area contributed by atoms with Crippen molar-refractivity contribution in [3.8, 4) is 6.07 Å². The van der Waals surface area contributed by atoms with E-state index in [1.807, 2.05) is 19.1 Å². The summed E-state index contributed by atoms with van der Waals surface area (Å²) in [5.74, 6) is 1.81. The average Bonchev–Trinajstić information content (AvgIpc) is 2.71. The zero-order chi connectivity index (χ0) is 23.3. The van der Waals surface area contributed by atoms with Gasteiger partial charge in [0.05, 0.1) is 12.6 Å². The van der Waals surface area contributed by atoms with E-state index in [-0.39, 0.29) is 16.7 Å². The lowest BCUT2D eigenvalue weighted by molar-refractivity contribution is 0.318. The molecule has 0 saturated carbocycles. The highest BCUT2D eigenvalue weighted by molar-refractivity contribution is 5.72. The minimum absolute atomic E-state index is 0.0787. The van der Waals surface area contributed by atoms with Crippen LogP contribution < -0.4 is 4.90 Å². The Morgan fingerprint density at radius 1 is 1.25 bits per heavy atom. The molecular weight excluding hydrogens is 394 g/mol. The van der Waals surface area contributed by atoms with E-state index in [0.29, 0.717) is 23.0 Å². The van der Waals surface area contributed by atoms with Gasteiger partial charge in [-0.25, -0.2) is 10.1 Å². The molecular formula is C28H31N3O. The van der Waals surface area contributed by atoms with Crippen LogP contribution in [0.4, 0.5) is 5.69 Å². The van der Waals surface area contributed by atoms with E-state index in [2.05, 4.69) is 62.6 Å². The number of hydrogen-bond acceptors (Lipinski definition) is 3. The van der Waals surface area contributed by atoms with E-state index in [1.54, 1.807) is 12.2 Å². The molecule has 1 aromatic carbocycles. The van der Waals surface area contributed by atoms with Crippen LogP contribution in [-0.2, 0) is 10.2 Å². The molecule has 0 amide bonds. The van der Waals surface area contributed by atoms with Gasteiger partial charge < -0.3 is 9.64 Å². The normalized spacial score (nSPS) is 24.5. The molecule has 3 heterocycles. The number of hydrogen-bond donors (Lipinski definition) is 0. The molecule has 0 saturated heterocycles. The van der Waals surface area contributed by atoms with Crippen molar-refractivity contribution in [2.45, 2.75) is 71.3 Å². The monoisotopic (exact) mass is 425 g/mol. The van der Waals surface area contributed by atoms with Gasteiger partial charge in [0.25, 0.3) is 5.70 Å². The minimum Gasteiger partial charge on any atom is -0.462 e. The fourth-order valence-electron chi connectivity index (χ4n) is 5.39. The summed E-state index contributed by atoms with van der Waals surface area (Å²) in [6, 6.07) is 6.63. The summed E-state index contributed by atoms with van der Waals surface area (Å²) >= 11 is 0. The SMILES string of the molecule is [C-]#[N+]C(C#N)=C1C=C(C)OC(C=Cc2cc3c4c(c2)C(C)(C)CCN4C(C)(C)CC3C)=C1. The maximum Gasteiger partial charge on any atom is 0.269 e. The van der Waals surface area contributed by atoms with E-state index in [0.717, 1.165) is 24.9 Å². The molecule has 32 heavy (non-hydrogen) atoms. The molecule has 3 aliphatic rings. The first-order valence-corrected chi connectivity index (χ1v) is 11.3. The summed E-state index contributed by atoms with van der Waals surface area (Å²) < 4.78 is 5.84. The molecule has 1 atom stereocenters. The van der Waals surface area contributed by atoms with E-state index >= 15 is 0 Å². The van der Waals surface area contributed by atoms with Crippen molar-refractivity contribution in [3.05, 3.63) is 81.3 Å². The summed E-state index contributed by atoms with van der Waals surface area (Å²) in [5, 5.41) is 9.22. The first kappa shape index (κ1) is 22.0. The summed E-state index contributed by atoms with van der Waals surface area (Å²) in [4.78, 5) is 5.96. The quantitative estimate of drug-likeness (QED) is 0.379. The third kappa shape index (κ3) is 3.76. The first-order chi connectivity index (χ1) is 15.1. The Bertz CT molecular complexity index is 1160. The van der Waals surface area contributed by atoms with Gasteiger partial charge in [-0.2, -0.15) is 0 Å². The van der Waals surface area contributed by atoms with Gasteiger partial charge in [0.15, 0.2) is 0 Å². The highest BCUT2D eigenvalue weighted by atomic mass is 16.5. The lowest BCUT2D eigenvalue weighted by Crippen LogP contribution is -2.53. The highest BCUT2D eigenvalue weighted by Gasteiger charge is 2.43. The second-order valence-corrected chi connectivity index (χ2v) is 10.5. The van der Waals surface area contributed by atoms with Crippen LogP contribution in [0.25, 0.3) is 10.9 Å². The number of rotatable bonds is 2. The molecule has 4 heteroatoms. The molecule has 3 aliphatic heterocycles. The van der Waals surface area contributed by atoms with Gasteiger partial charge in [-0.1, -0.05) is 26.8 Å². The highest BCUT2D eigenvalue weighted by Crippen LogP contribution is 2.52. The summed E-state index contributed by atoms with van der Waals surface area (Å²) in [5.41, 5.74) is 6.44. The third-order valence-electron chi connectivity index (χ3n) is 7.06. The predicted molar refractivity (Wildman–Crippen MR) is 130 cm³/mol. The van der Waals surface area contributed by atoms with E-state index in [9.17, 15) is 5.26 Å². The Morgan fingerprint density at radius 2 is 2.00 bits per heavy atom. The number of nitriles is 1. The number of benzene rings is 1. The summed E-state index contributed by atoms with van der Waals surface area (Å²) in [6.45, 7) is 22.0. The standard InChI is InChI=1S/C28H31N3O/c1-18-16-28(5,6)31-11-10-27(3,4)24-14-20(13-23(18)26(24)31)8-9-22-15-21(12-19(2)32-22)25(17-29)30-7/h8-9,12-15,18H,10-11,16H2,1-6H3. The Morgan fingerprint density at radius 3 is 2.69 bits per heavy atom. The predicted octanol–water partition coefficient (Wildman–Crippen LogP) is 6.99. The Balaban J connectivity index is 1.77. The molecule has 0 radical (unpaired) electrons. The van der Waals surface area contributed by atoms with Crippen molar-refractivity contribution in [1.29, 1.82) is 5.26 Å². The van der Waals surface area contributed by atoms with Crippen LogP contribution in [0.1, 0.15) is 77.0 Å². The fraction of sp³-hybridized carbons (Fsp3) is 0.429. The first-order valence-electron chi connectivity index (χ1n) is 11.3. The molecule has 164 valence electrons. The second kappa shape index (κ2) is 7.72. The molecule has 0 bridgehead atoms. The fourth-order valence-corrected chi connectivity index (χ4v) is 5.39. The van der Waals surface area contributed by atoms with Gasteiger partial charge >= 0.3 is 0 Å². The molecule has 0 N–H and O–H groups in total. The summed E-state index contributed by atoms with van der Waals surface area (Å²) in [7, 11) is 0. The molecule has 0 aromatic heterocycles. The zero-order valence-corrected chi connectivity index (χ0v) is 19.9. The smallest absolute Gasteiger partial charge is 0.269 e. The molecule has 0 fully saturated rings. The number of allylic oxidation sites excluding steroid dienone is 6. The van der Waals surface area contributed by atoms with Gasteiger partial charge in [-0.15, -0.1) is 0 Å². The van der Waals surface area contributed by atoms with Crippen molar-refractivity contribution in [1.82, 2.24) is 0 Å². The van der Waals surface area contributed by atoms with Gasteiger partial charge in [0, 0.05) is 17.8 Å². The number of anilines is 1. The third-order valence-corrected chi connectivity index (χ3v) is 7.06. The largest absolute Gasteiger partial charge is 0.462 e. The van der Waals surface area contributed by atoms with Crippen molar-refractivity contribution in [2.24, 2.45) is 0 Å². The van der Waals surface area contributed by atoms with Crippen molar-refractivity contribution in [2.75, 3.05) is 11.4 Å². The van der Waals surface area contributed by atoms with Gasteiger partial charge in [-0.3, -0.25) is 0 Å². The van der Waals surface area contributed by atoms with Crippen molar-refractivity contribution < 1.29 is 4.74 Å².